The third-order valence-electron chi connectivity index (χ3n) is 10.5. The first-order valence-electron chi connectivity index (χ1n) is 20.6. The van der Waals surface area contributed by atoms with Crippen molar-refractivity contribution in [3.8, 4) is 45.4 Å². The molecular weight excluding hydrogens is 980 g/mol. The second kappa shape index (κ2) is 20.8. The molecule has 0 bridgehead atoms. The molecule has 1 amide bonds. The van der Waals surface area contributed by atoms with Gasteiger partial charge in [0.25, 0.3) is 10.0 Å². The summed E-state index contributed by atoms with van der Waals surface area (Å²) in [6, 6.07) is 36.2. The van der Waals surface area contributed by atoms with Crippen LogP contribution in [0.3, 0.4) is 0 Å². The highest BCUT2D eigenvalue weighted by molar-refractivity contribution is 7.90. The number of benzene rings is 6. The number of carbonyl (C=O) groups excluding carboxylic acids is 1. The molecule has 6 aromatic carbocycles. The van der Waals surface area contributed by atoms with Gasteiger partial charge in [-0.2, -0.15) is 0 Å². The van der Waals surface area contributed by atoms with Crippen molar-refractivity contribution in [1.82, 2.24) is 13.9 Å². The number of amides is 1. The number of aromatic nitrogens is 2. The molecular formula is C50H40Cl2F4N4O7S2. The van der Waals surface area contributed by atoms with Gasteiger partial charge in [0.05, 0.1) is 21.2 Å². The average Bonchev–Trinajstić information content (AvgIpc) is 3.87. The fourth-order valence-corrected chi connectivity index (χ4v) is 9.19. The lowest BCUT2D eigenvalue weighted by atomic mass is 10.1. The molecule has 0 aliphatic carbocycles. The molecule has 8 aromatic rings. The molecule has 0 saturated heterocycles. The molecule has 3 N–H and O–H groups in total. The fraction of sp³-hybridized carbons (Fsp3) is 0.100. The molecule has 0 aliphatic rings. The van der Waals surface area contributed by atoms with Gasteiger partial charge < -0.3 is 18.6 Å². The van der Waals surface area contributed by atoms with E-state index in [1.165, 1.54) is 36.4 Å². The smallest absolute Gasteiger partial charge is 0.264 e. The molecule has 11 nitrogen and oxygen atoms in total. The zero-order valence-electron chi connectivity index (χ0n) is 36.7. The van der Waals surface area contributed by atoms with Crippen molar-refractivity contribution >= 4 is 49.2 Å². The van der Waals surface area contributed by atoms with Gasteiger partial charge in [-0.05, 0) is 135 Å². The van der Waals surface area contributed by atoms with Crippen molar-refractivity contribution in [1.29, 1.82) is 0 Å². The summed E-state index contributed by atoms with van der Waals surface area (Å²) in [4.78, 5) is 11.2. The highest BCUT2D eigenvalue weighted by Crippen LogP contribution is 2.38. The Bertz CT molecular complexity index is 3480. The minimum atomic E-state index is -4.05. The van der Waals surface area contributed by atoms with E-state index >= 15 is 0 Å². The van der Waals surface area contributed by atoms with Crippen LogP contribution in [0.4, 0.5) is 17.6 Å². The Labute approximate surface area is 405 Å². The van der Waals surface area contributed by atoms with Crippen LogP contribution in [0.15, 0.2) is 155 Å². The number of nitrogens with zero attached hydrogens (tertiary/aromatic N) is 2. The maximum Gasteiger partial charge on any atom is 0.264 e. The number of sulfonamides is 2. The van der Waals surface area contributed by atoms with E-state index in [9.17, 15) is 39.2 Å². The van der Waals surface area contributed by atoms with Gasteiger partial charge in [0.1, 0.15) is 48.0 Å². The molecule has 0 aliphatic heterocycles. The highest BCUT2D eigenvalue weighted by atomic mass is 35.5. The number of nitrogens with two attached hydrogens (primary N) is 1. The van der Waals surface area contributed by atoms with Gasteiger partial charge in [-0.15, -0.1) is 0 Å². The molecule has 0 unspecified atom stereocenters. The average molecular weight is 1020 g/mol. The van der Waals surface area contributed by atoms with E-state index in [4.69, 9.17) is 37.8 Å². The van der Waals surface area contributed by atoms with E-state index in [0.29, 0.717) is 55.4 Å². The van der Waals surface area contributed by atoms with Crippen molar-refractivity contribution in [3.63, 3.8) is 0 Å². The monoisotopic (exact) mass is 1020 g/mol. The van der Waals surface area contributed by atoms with E-state index in [1.807, 2.05) is 52.0 Å². The zero-order chi connectivity index (χ0) is 49.8. The number of ether oxygens (including phenoxy) is 2. The molecule has 0 radical (unpaired) electrons. The van der Waals surface area contributed by atoms with Crippen LogP contribution in [0, 0.1) is 37.1 Å². The van der Waals surface area contributed by atoms with E-state index in [0.717, 1.165) is 42.6 Å². The van der Waals surface area contributed by atoms with Crippen LogP contribution < -0.4 is 19.3 Å². The molecule has 0 saturated carbocycles. The highest BCUT2D eigenvalue weighted by Gasteiger charge is 2.21. The topological polar surface area (TPSA) is 152 Å². The fourth-order valence-electron chi connectivity index (χ4n) is 7.27. The SMILES string of the molecule is CC(=O)NS(=O)(=O)c1cccc(-n2c(C)ccc2-c2cc(Cl)ccc2OCc2ccc(F)cc2F)c1.Cc1ccc(-c2cc(Cl)ccc2OCc2ccc(F)cc2F)n1-c1cccc(S(N)(=O)=O)c1. The molecule has 69 heavy (non-hydrogen) atoms. The van der Waals surface area contributed by atoms with E-state index < -0.39 is 49.2 Å². The molecule has 19 heteroatoms. The lowest BCUT2D eigenvalue weighted by Crippen LogP contribution is -2.28. The first kappa shape index (κ1) is 50.0. The molecule has 0 atom stereocenters. The molecule has 2 heterocycles. The number of hydrogen-bond acceptors (Lipinski definition) is 7. The predicted octanol–water partition coefficient (Wildman–Crippen LogP) is 11.4. The lowest BCUT2D eigenvalue weighted by Gasteiger charge is -2.17. The first-order valence-corrected chi connectivity index (χ1v) is 24.3. The van der Waals surface area contributed by atoms with Crippen LogP contribution in [0.1, 0.15) is 29.4 Å². The zero-order valence-corrected chi connectivity index (χ0v) is 39.8. The number of primary sulfonamides is 1. The summed E-state index contributed by atoms with van der Waals surface area (Å²) in [5.74, 6) is -2.66. The molecule has 8 rings (SSSR count). The number of rotatable bonds is 13. The first-order chi connectivity index (χ1) is 32.7. The van der Waals surface area contributed by atoms with Crippen LogP contribution in [0.5, 0.6) is 11.5 Å². The summed E-state index contributed by atoms with van der Waals surface area (Å²) in [6.07, 6.45) is 0. The molecule has 0 spiro atoms. The Kier molecular flexibility index (Phi) is 15.0. The van der Waals surface area contributed by atoms with Crippen molar-refractivity contribution in [2.75, 3.05) is 0 Å². The third kappa shape index (κ3) is 11.9. The minimum Gasteiger partial charge on any atom is -0.488 e. The molecule has 0 fully saturated rings. The minimum absolute atomic E-state index is 0.0200. The summed E-state index contributed by atoms with van der Waals surface area (Å²) >= 11 is 12.5. The summed E-state index contributed by atoms with van der Waals surface area (Å²) in [5, 5.41) is 6.18. The Balaban J connectivity index is 0.000000205. The number of aryl methyl sites for hydroxylation is 2. The Hall–Kier alpha value is -6.89. The Morgan fingerprint density at radius 2 is 1.01 bits per heavy atom. The third-order valence-corrected chi connectivity index (χ3v) is 13.3. The van der Waals surface area contributed by atoms with E-state index in [1.54, 1.807) is 60.7 Å². The van der Waals surface area contributed by atoms with Crippen LogP contribution in [-0.2, 0) is 38.1 Å². The van der Waals surface area contributed by atoms with Gasteiger partial charge in [0, 0.05) is 74.1 Å². The van der Waals surface area contributed by atoms with E-state index in [-0.39, 0.29) is 34.1 Å². The summed E-state index contributed by atoms with van der Waals surface area (Å²) < 4.78 is 121. The van der Waals surface area contributed by atoms with Gasteiger partial charge in [-0.1, -0.05) is 35.3 Å². The maximum atomic E-state index is 14.1. The number of halogens is 6. The van der Waals surface area contributed by atoms with Gasteiger partial charge in [-0.3, -0.25) is 4.79 Å². The standard InChI is InChI=1S/C26H21ClF2N2O4S.C24H19ClF2N2O3S/c1-16-6-10-25(31(16)21-4-3-5-22(14-21)36(33,34)30-17(2)32)23-12-19(27)8-11-26(23)35-15-18-7-9-20(28)13-24(18)29;1-15-5-9-23(29(15)19-3-2-4-20(13-19)33(28,30)31)21-11-17(25)7-10-24(21)32-14-16-6-8-18(26)12-22(16)27/h3-14H,15H2,1-2H3,(H,30,32);2-13H,14H2,1H3,(H2,28,30,31). The van der Waals surface area contributed by atoms with Crippen molar-refractivity contribution in [2.24, 2.45) is 5.14 Å². The van der Waals surface area contributed by atoms with Gasteiger partial charge in [0.15, 0.2) is 0 Å². The van der Waals surface area contributed by atoms with Crippen LogP contribution in [0.2, 0.25) is 10.0 Å². The summed E-state index contributed by atoms with van der Waals surface area (Å²) in [6.45, 7) is 4.56. The second-order valence-corrected chi connectivity index (χ2v) is 19.5. The lowest BCUT2D eigenvalue weighted by molar-refractivity contribution is -0.117. The molecule has 356 valence electrons. The molecule has 2 aromatic heterocycles. The number of hydrogen-bond donors (Lipinski definition) is 2. The van der Waals surface area contributed by atoms with Crippen molar-refractivity contribution in [3.05, 3.63) is 201 Å². The second-order valence-electron chi connectivity index (χ2n) is 15.4. The Morgan fingerprint density at radius 3 is 1.43 bits per heavy atom. The van der Waals surface area contributed by atoms with E-state index in [2.05, 4.69) is 0 Å². The largest absolute Gasteiger partial charge is 0.488 e. The maximum absolute atomic E-state index is 14.1. The van der Waals surface area contributed by atoms with Crippen LogP contribution in [0.25, 0.3) is 33.9 Å². The summed E-state index contributed by atoms with van der Waals surface area (Å²) in [7, 11) is -7.94. The normalized spacial score (nSPS) is 11.4. The van der Waals surface area contributed by atoms with Crippen molar-refractivity contribution in [2.45, 2.75) is 43.8 Å². The predicted molar refractivity (Wildman–Crippen MR) is 256 cm³/mol. The summed E-state index contributed by atoms with van der Waals surface area (Å²) in [5.41, 5.74) is 5.59. The van der Waals surface area contributed by atoms with Gasteiger partial charge in [0.2, 0.25) is 15.9 Å². The number of carbonyl (C=O) groups is 1. The number of nitrogens with one attached hydrogen (secondary N) is 1. The quantitative estimate of drug-likeness (QED) is 0.109. The van der Waals surface area contributed by atoms with Crippen LogP contribution in [-0.4, -0.2) is 31.9 Å². The van der Waals surface area contributed by atoms with Crippen molar-refractivity contribution < 1.29 is 48.7 Å². The van der Waals surface area contributed by atoms with Gasteiger partial charge in [-0.25, -0.2) is 44.3 Å². The van der Waals surface area contributed by atoms with Gasteiger partial charge >= 0.3 is 0 Å². The van der Waals surface area contributed by atoms with Crippen LogP contribution >= 0.6 is 23.2 Å². The Morgan fingerprint density at radius 1 is 0.580 bits per heavy atom.